The molecule has 31 heavy (non-hydrogen) atoms. The van der Waals surface area contributed by atoms with E-state index in [1.165, 1.54) is 22.4 Å². The average Bonchev–Trinajstić information content (AvgIpc) is 2.82. The second kappa shape index (κ2) is 11.5. The first-order valence-corrected chi connectivity index (χ1v) is 11.6. The van der Waals surface area contributed by atoms with Gasteiger partial charge in [0.05, 0.1) is 0 Å². The number of nitriles is 2. The summed E-state index contributed by atoms with van der Waals surface area (Å²) in [5, 5.41) is 27.3. The van der Waals surface area contributed by atoms with Gasteiger partial charge in [-0.05, 0) is 85.8 Å². The zero-order valence-corrected chi connectivity index (χ0v) is 18.6. The molecular formula is C27H33N3O. The number of nitrogens with zero attached hydrogens (tertiary/aromatic N) is 3. The SMILES string of the molecule is CCN(CCCCCCO)c1ccc(C2=CC3=CC(=C(C#N)C#N)CCC3CC2)cc1. The summed E-state index contributed by atoms with van der Waals surface area (Å²) in [7, 11) is 0. The van der Waals surface area contributed by atoms with Crippen molar-refractivity contribution in [3.63, 3.8) is 0 Å². The summed E-state index contributed by atoms with van der Waals surface area (Å²) in [5.74, 6) is 0.548. The lowest BCUT2D eigenvalue weighted by molar-refractivity contribution is 0.282. The third kappa shape index (κ3) is 5.87. The molecule has 0 saturated carbocycles. The third-order valence-electron chi connectivity index (χ3n) is 6.54. The number of hydrogen-bond acceptors (Lipinski definition) is 4. The molecule has 4 nitrogen and oxygen atoms in total. The first-order valence-electron chi connectivity index (χ1n) is 11.6. The van der Waals surface area contributed by atoms with Crippen molar-refractivity contribution in [1.29, 1.82) is 10.5 Å². The van der Waals surface area contributed by atoms with Gasteiger partial charge in [-0.2, -0.15) is 10.5 Å². The molecule has 2 aliphatic rings. The van der Waals surface area contributed by atoms with E-state index in [9.17, 15) is 10.5 Å². The van der Waals surface area contributed by atoms with Crippen molar-refractivity contribution in [3.05, 3.63) is 58.7 Å². The minimum Gasteiger partial charge on any atom is -0.396 e. The van der Waals surface area contributed by atoms with Gasteiger partial charge in [0.15, 0.2) is 0 Å². The molecule has 1 aromatic rings. The number of aliphatic hydroxyl groups excluding tert-OH is 1. The molecular weight excluding hydrogens is 382 g/mol. The van der Waals surface area contributed by atoms with Crippen molar-refractivity contribution in [2.24, 2.45) is 5.92 Å². The second-order valence-corrected chi connectivity index (χ2v) is 8.48. The summed E-state index contributed by atoms with van der Waals surface area (Å²) in [6, 6.07) is 13.0. The van der Waals surface area contributed by atoms with Crippen molar-refractivity contribution >= 4 is 11.3 Å². The molecule has 0 aliphatic heterocycles. The van der Waals surface area contributed by atoms with Gasteiger partial charge in [-0.1, -0.05) is 37.1 Å². The van der Waals surface area contributed by atoms with Crippen LogP contribution in [0.25, 0.3) is 5.57 Å². The molecule has 0 spiro atoms. The molecule has 0 saturated heterocycles. The second-order valence-electron chi connectivity index (χ2n) is 8.48. The topological polar surface area (TPSA) is 71.0 Å². The van der Waals surface area contributed by atoms with Crippen LogP contribution in [0.4, 0.5) is 5.69 Å². The highest BCUT2D eigenvalue weighted by molar-refractivity contribution is 5.72. The highest BCUT2D eigenvalue weighted by Gasteiger charge is 2.24. The van der Waals surface area contributed by atoms with Gasteiger partial charge >= 0.3 is 0 Å². The molecule has 1 unspecified atom stereocenters. The zero-order valence-electron chi connectivity index (χ0n) is 18.6. The number of rotatable bonds is 9. The van der Waals surface area contributed by atoms with E-state index >= 15 is 0 Å². The molecule has 0 radical (unpaired) electrons. The summed E-state index contributed by atoms with van der Waals surface area (Å²) in [4.78, 5) is 2.42. The van der Waals surface area contributed by atoms with Crippen molar-refractivity contribution in [2.75, 3.05) is 24.6 Å². The van der Waals surface area contributed by atoms with Crippen molar-refractivity contribution < 1.29 is 5.11 Å². The van der Waals surface area contributed by atoms with E-state index in [2.05, 4.69) is 48.2 Å². The summed E-state index contributed by atoms with van der Waals surface area (Å²) < 4.78 is 0. The summed E-state index contributed by atoms with van der Waals surface area (Å²) in [5.41, 5.74) is 6.29. The van der Waals surface area contributed by atoms with Gasteiger partial charge in [-0.15, -0.1) is 0 Å². The number of hydrogen-bond donors (Lipinski definition) is 1. The van der Waals surface area contributed by atoms with Crippen molar-refractivity contribution in [2.45, 2.75) is 58.3 Å². The number of anilines is 1. The van der Waals surface area contributed by atoms with Gasteiger partial charge < -0.3 is 10.0 Å². The fraction of sp³-hybridized carbons (Fsp3) is 0.481. The van der Waals surface area contributed by atoms with Crippen LogP contribution in [0.15, 0.2) is 53.1 Å². The molecule has 1 aromatic carbocycles. The monoisotopic (exact) mass is 415 g/mol. The molecule has 0 fully saturated rings. The molecule has 1 N–H and O–H groups in total. The standard InChI is InChI=1S/C27H33N3O/c1-2-30(15-5-3-4-6-16-31)27-13-11-21(12-14-27)23-9-7-22-8-10-24(18-25(22)17-23)26(19-28)20-29/h11-14,17-18,22,31H,2-10,15-16H2,1H3. The maximum absolute atomic E-state index is 9.20. The lowest BCUT2D eigenvalue weighted by Gasteiger charge is -2.29. The molecule has 0 bridgehead atoms. The number of unbranched alkanes of at least 4 members (excludes halogenated alkanes) is 3. The summed E-state index contributed by atoms with van der Waals surface area (Å²) in [6.07, 6.45) is 12.7. The molecule has 4 heteroatoms. The quantitative estimate of drug-likeness (QED) is 0.401. The Morgan fingerprint density at radius 2 is 1.71 bits per heavy atom. The maximum atomic E-state index is 9.20. The molecule has 162 valence electrons. The van der Waals surface area contributed by atoms with Crippen LogP contribution in [0, 0.1) is 28.6 Å². The highest BCUT2D eigenvalue weighted by atomic mass is 16.2. The Labute approximate surface area is 186 Å². The molecule has 2 aliphatic carbocycles. The van der Waals surface area contributed by atoms with Crippen LogP contribution in [0.1, 0.15) is 63.9 Å². The van der Waals surface area contributed by atoms with Crippen LogP contribution >= 0.6 is 0 Å². The lowest BCUT2D eigenvalue weighted by atomic mass is 9.75. The van der Waals surface area contributed by atoms with E-state index in [0.29, 0.717) is 12.5 Å². The molecule has 0 heterocycles. The first kappa shape index (κ1) is 22.9. The third-order valence-corrected chi connectivity index (χ3v) is 6.54. The number of aliphatic hydroxyl groups is 1. The largest absolute Gasteiger partial charge is 0.396 e. The predicted molar refractivity (Wildman–Crippen MR) is 126 cm³/mol. The van der Waals surface area contributed by atoms with E-state index in [1.54, 1.807) is 0 Å². The maximum Gasteiger partial charge on any atom is 0.132 e. The van der Waals surface area contributed by atoms with Crippen LogP contribution in [-0.2, 0) is 0 Å². The van der Waals surface area contributed by atoms with Crippen molar-refractivity contribution in [1.82, 2.24) is 0 Å². The summed E-state index contributed by atoms with van der Waals surface area (Å²) in [6.45, 7) is 4.53. The van der Waals surface area contributed by atoms with E-state index in [0.717, 1.165) is 70.0 Å². The minimum absolute atomic E-state index is 0.256. The number of fused-ring (bicyclic) bond motifs is 1. The smallest absolute Gasteiger partial charge is 0.132 e. The van der Waals surface area contributed by atoms with Gasteiger partial charge in [0.25, 0.3) is 0 Å². The van der Waals surface area contributed by atoms with E-state index in [-0.39, 0.29) is 5.57 Å². The Morgan fingerprint density at radius 1 is 1.00 bits per heavy atom. The fourth-order valence-corrected chi connectivity index (χ4v) is 4.68. The summed E-state index contributed by atoms with van der Waals surface area (Å²) >= 11 is 0. The lowest BCUT2D eigenvalue weighted by Crippen LogP contribution is -2.23. The van der Waals surface area contributed by atoms with E-state index in [1.807, 2.05) is 12.1 Å². The fourth-order valence-electron chi connectivity index (χ4n) is 4.68. The Kier molecular flexibility index (Phi) is 8.51. The van der Waals surface area contributed by atoms with Crippen LogP contribution < -0.4 is 4.90 Å². The van der Waals surface area contributed by atoms with Gasteiger partial charge in [0, 0.05) is 25.4 Å². The molecule has 0 aromatic heterocycles. The first-order chi connectivity index (χ1) is 15.2. The van der Waals surface area contributed by atoms with Gasteiger partial charge in [-0.25, -0.2) is 0 Å². The number of benzene rings is 1. The van der Waals surface area contributed by atoms with Crippen molar-refractivity contribution in [3.8, 4) is 12.1 Å². The van der Waals surface area contributed by atoms with Crippen LogP contribution in [-0.4, -0.2) is 24.8 Å². The molecule has 0 amide bonds. The van der Waals surface area contributed by atoms with Crippen LogP contribution in [0.5, 0.6) is 0 Å². The zero-order chi connectivity index (χ0) is 22.1. The van der Waals surface area contributed by atoms with E-state index < -0.39 is 0 Å². The Balaban J connectivity index is 1.71. The highest BCUT2D eigenvalue weighted by Crippen LogP contribution is 2.40. The van der Waals surface area contributed by atoms with Gasteiger partial charge in [-0.3, -0.25) is 0 Å². The Morgan fingerprint density at radius 3 is 2.39 bits per heavy atom. The Hall–Kier alpha value is -2.82. The number of allylic oxidation sites excluding steroid dienone is 6. The minimum atomic E-state index is 0.256. The van der Waals surface area contributed by atoms with Gasteiger partial charge in [0.2, 0.25) is 0 Å². The van der Waals surface area contributed by atoms with E-state index in [4.69, 9.17) is 5.11 Å². The normalized spacial score (nSPS) is 17.7. The Bertz CT molecular complexity index is 909. The average molecular weight is 416 g/mol. The van der Waals surface area contributed by atoms with Crippen LogP contribution in [0.3, 0.4) is 0 Å². The molecule has 3 rings (SSSR count). The predicted octanol–water partition coefficient (Wildman–Crippen LogP) is 5.92. The van der Waals surface area contributed by atoms with Gasteiger partial charge in [0.1, 0.15) is 17.7 Å². The van der Waals surface area contributed by atoms with Crippen LogP contribution in [0.2, 0.25) is 0 Å². The molecule has 1 atom stereocenters.